The lowest BCUT2D eigenvalue weighted by atomic mass is 10.6. The first-order valence-electron chi connectivity index (χ1n) is 3.62. The lowest BCUT2D eigenvalue weighted by molar-refractivity contribution is -0.143. The normalized spacial score (nSPS) is 14.8. The highest BCUT2D eigenvalue weighted by Gasteiger charge is 2.08. The SMILES string of the molecule is CCOC(=O)CN1C=CNC1. The minimum atomic E-state index is -0.180. The summed E-state index contributed by atoms with van der Waals surface area (Å²) >= 11 is 0. The van der Waals surface area contributed by atoms with E-state index in [2.05, 4.69) is 5.32 Å². The van der Waals surface area contributed by atoms with E-state index in [9.17, 15) is 4.79 Å². The quantitative estimate of drug-likeness (QED) is 0.578. The number of hydrogen-bond acceptors (Lipinski definition) is 4. The summed E-state index contributed by atoms with van der Waals surface area (Å²) in [5.41, 5.74) is 0. The van der Waals surface area contributed by atoms with Crippen LogP contribution in [-0.2, 0) is 9.53 Å². The number of ether oxygens (including phenoxy) is 1. The maximum atomic E-state index is 10.9. The summed E-state index contributed by atoms with van der Waals surface area (Å²) in [7, 11) is 0. The van der Waals surface area contributed by atoms with Gasteiger partial charge in [0.2, 0.25) is 0 Å². The summed E-state index contributed by atoms with van der Waals surface area (Å²) < 4.78 is 4.76. The van der Waals surface area contributed by atoms with E-state index in [1.165, 1.54) is 0 Å². The molecule has 0 aliphatic carbocycles. The molecule has 1 heterocycles. The lowest BCUT2D eigenvalue weighted by Gasteiger charge is -2.12. The maximum absolute atomic E-state index is 10.9. The number of nitrogens with zero attached hydrogens (tertiary/aromatic N) is 1. The molecule has 0 aromatic heterocycles. The van der Waals surface area contributed by atoms with Gasteiger partial charge in [0.1, 0.15) is 6.54 Å². The number of rotatable bonds is 3. The fourth-order valence-corrected chi connectivity index (χ4v) is 0.862. The Morgan fingerprint density at radius 2 is 2.64 bits per heavy atom. The third-order valence-electron chi connectivity index (χ3n) is 1.34. The predicted octanol–water partition coefficient (Wildman–Crippen LogP) is -0.117. The fraction of sp³-hybridized carbons (Fsp3) is 0.571. The summed E-state index contributed by atoms with van der Waals surface area (Å²) in [6.45, 7) is 3.27. The molecule has 0 radical (unpaired) electrons. The predicted molar refractivity (Wildman–Crippen MR) is 40.5 cm³/mol. The van der Waals surface area contributed by atoms with Crippen molar-refractivity contribution in [2.45, 2.75) is 6.92 Å². The summed E-state index contributed by atoms with van der Waals surface area (Å²) in [5, 5.41) is 2.96. The van der Waals surface area contributed by atoms with Gasteiger partial charge in [-0.1, -0.05) is 0 Å². The number of nitrogens with one attached hydrogen (secondary N) is 1. The second-order valence-corrected chi connectivity index (χ2v) is 2.23. The molecule has 0 amide bonds. The van der Waals surface area contributed by atoms with Crippen molar-refractivity contribution in [3.63, 3.8) is 0 Å². The Labute approximate surface area is 65.8 Å². The van der Waals surface area contributed by atoms with Gasteiger partial charge in [0.15, 0.2) is 0 Å². The van der Waals surface area contributed by atoms with Crippen molar-refractivity contribution in [2.75, 3.05) is 19.8 Å². The highest BCUT2D eigenvalue weighted by atomic mass is 16.5. The monoisotopic (exact) mass is 156 g/mol. The molecule has 1 aliphatic rings. The average molecular weight is 156 g/mol. The van der Waals surface area contributed by atoms with E-state index in [1.54, 1.807) is 13.1 Å². The first kappa shape index (κ1) is 7.91. The van der Waals surface area contributed by atoms with Gasteiger partial charge in [-0.25, -0.2) is 0 Å². The molecule has 0 atom stereocenters. The Bertz CT molecular complexity index is 168. The zero-order chi connectivity index (χ0) is 8.10. The van der Waals surface area contributed by atoms with Gasteiger partial charge in [-0.3, -0.25) is 4.79 Å². The van der Waals surface area contributed by atoms with E-state index < -0.39 is 0 Å². The Morgan fingerprint density at radius 3 is 3.18 bits per heavy atom. The smallest absolute Gasteiger partial charge is 0.325 e. The molecule has 0 saturated carbocycles. The molecule has 0 aromatic carbocycles. The van der Waals surface area contributed by atoms with E-state index in [-0.39, 0.29) is 5.97 Å². The third kappa shape index (κ3) is 2.49. The molecule has 0 spiro atoms. The van der Waals surface area contributed by atoms with Crippen molar-refractivity contribution < 1.29 is 9.53 Å². The molecule has 62 valence electrons. The number of esters is 1. The molecular weight excluding hydrogens is 144 g/mol. The van der Waals surface area contributed by atoms with Gasteiger partial charge in [0.05, 0.1) is 13.3 Å². The molecule has 1 aliphatic heterocycles. The van der Waals surface area contributed by atoms with E-state index in [4.69, 9.17) is 4.74 Å². The van der Waals surface area contributed by atoms with Gasteiger partial charge in [-0.15, -0.1) is 0 Å². The van der Waals surface area contributed by atoms with Gasteiger partial charge in [-0.05, 0) is 6.92 Å². The van der Waals surface area contributed by atoms with E-state index >= 15 is 0 Å². The summed E-state index contributed by atoms with van der Waals surface area (Å²) in [6, 6.07) is 0. The van der Waals surface area contributed by atoms with Crippen molar-refractivity contribution in [2.24, 2.45) is 0 Å². The summed E-state index contributed by atoms with van der Waals surface area (Å²) in [6.07, 6.45) is 3.64. The Morgan fingerprint density at radius 1 is 1.82 bits per heavy atom. The number of carbonyl (C=O) groups is 1. The standard InChI is InChI=1S/C7H12N2O2/c1-2-11-7(10)5-9-4-3-8-6-9/h3-4,8H,2,5-6H2,1H3. The van der Waals surface area contributed by atoms with Crippen LogP contribution in [0, 0.1) is 0 Å². The second kappa shape index (κ2) is 3.85. The van der Waals surface area contributed by atoms with Crippen LogP contribution >= 0.6 is 0 Å². The first-order chi connectivity index (χ1) is 5.33. The van der Waals surface area contributed by atoms with Crippen LogP contribution in [0.1, 0.15) is 6.92 Å². The molecule has 0 aromatic rings. The Hall–Kier alpha value is -1.19. The van der Waals surface area contributed by atoms with Crippen LogP contribution in [-0.4, -0.2) is 30.7 Å². The molecule has 0 fully saturated rings. The van der Waals surface area contributed by atoms with Gasteiger partial charge < -0.3 is 15.0 Å². The fourth-order valence-electron chi connectivity index (χ4n) is 0.862. The van der Waals surface area contributed by atoms with Crippen molar-refractivity contribution in [3.8, 4) is 0 Å². The highest BCUT2D eigenvalue weighted by Crippen LogP contribution is 1.94. The molecule has 4 nitrogen and oxygen atoms in total. The van der Waals surface area contributed by atoms with Crippen molar-refractivity contribution in [1.82, 2.24) is 10.2 Å². The van der Waals surface area contributed by atoms with E-state index in [0.29, 0.717) is 19.8 Å². The van der Waals surface area contributed by atoms with Crippen LogP contribution in [0.25, 0.3) is 0 Å². The van der Waals surface area contributed by atoms with Crippen LogP contribution < -0.4 is 5.32 Å². The molecule has 1 N–H and O–H groups in total. The zero-order valence-electron chi connectivity index (χ0n) is 6.54. The van der Waals surface area contributed by atoms with E-state index in [0.717, 1.165) is 0 Å². The molecule has 0 bridgehead atoms. The zero-order valence-corrected chi connectivity index (χ0v) is 6.54. The lowest BCUT2D eigenvalue weighted by Crippen LogP contribution is -2.28. The van der Waals surface area contributed by atoms with Gasteiger partial charge >= 0.3 is 5.97 Å². The van der Waals surface area contributed by atoms with Gasteiger partial charge in [0, 0.05) is 12.4 Å². The highest BCUT2D eigenvalue weighted by molar-refractivity contribution is 5.71. The topological polar surface area (TPSA) is 41.6 Å². The second-order valence-electron chi connectivity index (χ2n) is 2.23. The maximum Gasteiger partial charge on any atom is 0.325 e. The van der Waals surface area contributed by atoms with Crippen molar-refractivity contribution >= 4 is 5.97 Å². The summed E-state index contributed by atoms with van der Waals surface area (Å²) in [4.78, 5) is 12.7. The van der Waals surface area contributed by atoms with Crippen molar-refractivity contribution in [3.05, 3.63) is 12.4 Å². The minimum absolute atomic E-state index is 0.180. The van der Waals surface area contributed by atoms with Gasteiger partial charge in [-0.2, -0.15) is 0 Å². The molecule has 1 rings (SSSR count). The molecule has 4 heteroatoms. The van der Waals surface area contributed by atoms with Crippen LogP contribution in [0.2, 0.25) is 0 Å². The minimum Gasteiger partial charge on any atom is -0.465 e. The van der Waals surface area contributed by atoms with Crippen LogP contribution in [0.15, 0.2) is 12.4 Å². The molecular formula is C7H12N2O2. The largest absolute Gasteiger partial charge is 0.465 e. The average Bonchev–Trinajstić information content (AvgIpc) is 2.40. The molecule has 0 unspecified atom stereocenters. The van der Waals surface area contributed by atoms with Crippen LogP contribution in [0.4, 0.5) is 0 Å². The first-order valence-corrected chi connectivity index (χ1v) is 3.62. The number of hydrogen-bond donors (Lipinski definition) is 1. The van der Waals surface area contributed by atoms with Crippen LogP contribution in [0.3, 0.4) is 0 Å². The molecule has 0 saturated heterocycles. The van der Waals surface area contributed by atoms with Crippen LogP contribution in [0.5, 0.6) is 0 Å². The van der Waals surface area contributed by atoms with Crippen molar-refractivity contribution in [1.29, 1.82) is 0 Å². The summed E-state index contributed by atoms with van der Waals surface area (Å²) in [5.74, 6) is -0.180. The third-order valence-corrected chi connectivity index (χ3v) is 1.34. The van der Waals surface area contributed by atoms with E-state index in [1.807, 2.05) is 11.1 Å². The Kier molecular flexibility index (Phi) is 2.77. The molecule has 11 heavy (non-hydrogen) atoms. The Balaban J connectivity index is 2.19. The number of carbonyl (C=O) groups excluding carboxylic acids is 1. The van der Waals surface area contributed by atoms with Gasteiger partial charge in [0.25, 0.3) is 0 Å².